The summed E-state index contributed by atoms with van der Waals surface area (Å²) in [5.74, 6) is -1.51. The van der Waals surface area contributed by atoms with E-state index >= 15 is 0 Å². The van der Waals surface area contributed by atoms with Crippen LogP contribution < -0.4 is 10.6 Å². The van der Waals surface area contributed by atoms with Gasteiger partial charge in [-0.1, -0.05) is 48.5 Å². The Labute approximate surface area is 141 Å². The largest absolute Gasteiger partial charge is 0.388 e. The Morgan fingerprint density at radius 3 is 2.17 bits per heavy atom. The first-order chi connectivity index (χ1) is 11.5. The molecule has 0 aliphatic heterocycles. The van der Waals surface area contributed by atoms with Crippen LogP contribution in [0.15, 0.2) is 60.7 Å². The highest BCUT2D eigenvalue weighted by Gasteiger charge is 2.23. The van der Waals surface area contributed by atoms with E-state index in [0.717, 1.165) is 5.56 Å². The second-order valence-electron chi connectivity index (χ2n) is 5.99. The normalized spacial score (nSPS) is 12.9. The first-order valence-electron chi connectivity index (χ1n) is 7.87. The summed E-state index contributed by atoms with van der Waals surface area (Å²) in [6, 6.07) is 18.5. The minimum atomic E-state index is -1.08. The van der Waals surface area contributed by atoms with Gasteiger partial charge in [0.15, 0.2) is 0 Å². The summed E-state index contributed by atoms with van der Waals surface area (Å²) >= 11 is 0. The molecule has 3 N–H and O–H groups in total. The number of hydrogen-bond donors (Lipinski definition) is 3. The Hall–Kier alpha value is -2.66. The maximum Gasteiger partial charge on any atom is 0.313 e. The monoisotopic (exact) mass is 326 g/mol. The van der Waals surface area contributed by atoms with Crippen LogP contribution in [-0.2, 0) is 16.0 Å². The molecule has 0 bridgehead atoms. The summed E-state index contributed by atoms with van der Waals surface area (Å²) in [7, 11) is 0. The minimum absolute atomic E-state index is 0.0148. The maximum absolute atomic E-state index is 11.8. The van der Waals surface area contributed by atoms with Crippen molar-refractivity contribution < 1.29 is 14.7 Å². The van der Waals surface area contributed by atoms with Gasteiger partial charge in [-0.2, -0.15) is 0 Å². The molecule has 0 radical (unpaired) electrons. The molecule has 1 unspecified atom stereocenters. The average molecular weight is 326 g/mol. The van der Waals surface area contributed by atoms with Crippen molar-refractivity contribution in [3.63, 3.8) is 0 Å². The van der Waals surface area contributed by atoms with E-state index in [1.54, 1.807) is 31.2 Å². The second kappa shape index (κ2) is 8.26. The van der Waals surface area contributed by atoms with Crippen molar-refractivity contribution in [1.29, 1.82) is 0 Å². The molecule has 0 fully saturated rings. The highest BCUT2D eigenvalue weighted by atomic mass is 16.3. The van der Waals surface area contributed by atoms with Crippen LogP contribution in [0.1, 0.15) is 18.9 Å². The first-order valence-corrected chi connectivity index (χ1v) is 7.87. The molecule has 2 aromatic rings. The van der Waals surface area contributed by atoms with Gasteiger partial charge >= 0.3 is 11.8 Å². The Kier molecular flexibility index (Phi) is 6.09. The molecule has 126 valence electrons. The van der Waals surface area contributed by atoms with E-state index in [9.17, 15) is 14.7 Å². The molecular formula is C19H22N2O3. The molecule has 0 aliphatic carbocycles. The number of benzene rings is 2. The number of para-hydroxylation sites is 1. The fourth-order valence-electron chi connectivity index (χ4n) is 2.21. The molecule has 2 aromatic carbocycles. The molecule has 0 aliphatic rings. The molecule has 0 saturated heterocycles. The molecule has 0 heterocycles. The number of aliphatic hydroxyl groups is 1. The molecule has 0 aromatic heterocycles. The van der Waals surface area contributed by atoms with Gasteiger partial charge in [0, 0.05) is 12.2 Å². The lowest BCUT2D eigenvalue weighted by Crippen LogP contribution is -2.44. The van der Waals surface area contributed by atoms with Crippen molar-refractivity contribution in [2.24, 2.45) is 0 Å². The predicted molar refractivity (Wildman–Crippen MR) is 93.5 cm³/mol. The third kappa shape index (κ3) is 5.85. The number of carbonyl (C=O) groups excluding carboxylic acids is 2. The summed E-state index contributed by atoms with van der Waals surface area (Å²) in [5, 5.41) is 15.3. The lowest BCUT2D eigenvalue weighted by Gasteiger charge is -2.23. The Bertz CT molecular complexity index is 670. The average Bonchev–Trinajstić information content (AvgIpc) is 2.60. The second-order valence-corrected chi connectivity index (χ2v) is 5.99. The zero-order valence-electron chi connectivity index (χ0n) is 13.7. The summed E-state index contributed by atoms with van der Waals surface area (Å²) in [6.07, 6.45) is 1.18. The van der Waals surface area contributed by atoms with Crippen molar-refractivity contribution in [3.8, 4) is 0 Å². The highest BCUT2D eigenvalue weighted by Crippen LogP contribution is 2.13. The Morgan fingerprint density at radius 2 is 1.54 bits per heavy atom. The lowest BCUT2D eigenvalue weighted by molar-refractivity contribution is -0.136. The van der Waals surface area contributed by atoms with E-state index in [2.05, 4.69) is 10.6 Å². The van der Waals surface area contributed by atoms with Gasteiger partial charge < -0.3 is 15.7 Å². The van der Waals surface area contributed by atoms with E-state index < -0.39 is 17.4 Å². The van der Waals surface area contributed by atoms with Gasteiger partial charge in [0.05, 0.1) is 5.60 Å². The summed E-state index contributed by atoms with van der Waals surface area (Å²) in [5.41, 5.74) is 0.581. The zero-order chi connectivity index (χ0) is 17.4. The number of anilines is 1. The molecule has 2 amide bonds. The number of aryl methyl sites for hydroxylation is 1. The zero-order valence-corrected chi connectivity index (χ0v) is 13.7. The third-order valence-electron chi connectivity index (χ3n) is 3.66. The van der Waals surface area contributed by atoms with Crippen LogP contribution >= 0.6 is 0 Å². The minimum Gasteiger partial charge on any atom is -0.388 e. The molecule has 1 atom stereocenters. The smallest absolute Gasteiger partial charge is 0.313 e. The van der Waals surface area contributed by atoms with Crippen molar-refractivity contribution in [2.75, 3.05) is 11.9 Å². The predicted octanol–water partition coefficient (Wildman–Crippen LogP) is 2.13. The van der Waals surface area contributed by atoms with Crippen molar-refractivity contribution in [3.05, 3.63) is 66.2 Å². The molecule has 0 saturated carbocycles. The van der Waals surface area contributed by atoms with Crippen LogP contribution in [0.2, 0.25) is 0 Å². The van der Waals surface area contributed by atoms with Crippen molar-refractivity contribution in [1.82, 2.24) is 5.32 Å². The summed E-state index contributed by atoms with van der Waals surface area (Å²) in [4.78, 5) is 23.6. The third-order valence-corrected chi connectivity index (χ3v) is 3.66. The molecule has 0 spiro atoms. The van der Waals surface area contributed by atoms with Crippen LogP contribution in [-0.4, -0.2) is 29.1 Å². The van der Waals surface area contributed by atoms with Crippen molar-refractivity contribution >= 4 is 17.5 Å². The van der Waals surface area contributed by atoms with E-state index in [-0.39, 0.29) is 6.54 Å². The molecular weight excluding hydrogens is 304 g/mol. The van der Waals surface area contributed by atoms with Gasteiger partial charge in [-0.05, 0) is 37.5 Å². The Morgan fingerprint density at radius 1 is 0.958 bits per heavy atom. The lowest BCUT2D eigenvalue weighted by atomic mass is 9.97. The topological polar surface area (TPSA) is 78.4 Å². The van der Waals surface area contributed by atoms with Gasteiger partial charge in [-0.25, -0.2) is 0 Å². The van der Waals surface area contributed by atoms with Gasteiger partial charge in [0.2, 0.25) is 0 Å². The van der Waals surface area contributed by atoms with E-state index in [0.29, 0.717) is 18.5 Å². The van der Waals surface area contributed by atoms with Crippen molar-refractivity contribution in [2.45, 2.75) is 25.4 Å². The fraction of sp³-hybridized carbons (Fsp3) is 0.263. The first kappa shape index (κ1) is 17.7. The van der Waals surface area contributed by atoms with Gasteiger partial charge in [-0.3, -0.25) is 9.59 Å². The fourth-order valence-corrected chi connectivity index (χ4v) is 2.21. The standard InChI is InChI=1S/C19H22N2O3/c1-19(24,13-12-15-8-4-2-5-9-15)14-20-17(22)18(23)21-16-10-6-3-7-11-16/h2-11,24H,12-14H2,1H3,(H,20,22)(H,21,23). The molecule has 5 heteroatoms. The van der Waals surface area contributed by atoms with Crippen LogP contribution in [0.3, 0.4) is 0 Å². The Balaban J connectivity index is 1.78. The van der Waals surface area contributed by atoms with E-state index in [1.807, 2.05) is 36.4 Å². The van der Waals surface area contributed by atoms with Crippen LogP contribution in [0.5, 0.6) is 0 Å². The number of rotatable bonds is 6. The quantitative estimate of drug-likeness (QED) is 0.712. The van der Waals surface area contributed by atoms with E-state index in [1.165, 1.54) is 0 Å². The van der Waals surface area contributed by atoms with E-state index in [4.69, 9.17) is 0 Å². The summed E-state index contributed by atoms with van der Waals surface area (Å²) in [6.45, 7) is 1.66. The molecule has 2 rings (SSSR count). The molecule has 5 nitrogen and oxygen atoms in total. The van der Waals surface area contributed by atoms with Crippen LogP contribution in [0.25, 0.3) is 0 Å². The number of hydrogen-bond acceptors (Lipinski definition) is 3. The van der Waals surface area contributed by atoms with Gasteiger partial charge in [0.1, 0.15) is 0 Å². The number of nitrogens with one attached hydrogen (secondary N) is 2. The summed E-state index contributed by atoms with van der Waals surface area (Å²) < 4.78 is 0. The SMILES string of the molecule is CC(O)(CCc1ccccc1)CNC(=O)C(=O)Nc1ccccc1. The van der Waals surface area contributed by atoms with Crippen LogP contribution in [0.4, 0.5) is 5.69 Å². The maximum atomic E-state index is 11.8. The number of amides is 2. The van der Waals surface area contributed by atoms with Crippen LogP contribution in [0, 0.1) is 0 Å². The van der Waals surface area contributed by atoms with Gasteiger partial charge in [0.25, 0.3) is 0 Å². The van der Waals surface area contributed by atoms with Gasteiger partial charge in [-0.15, -0.1) is 0 Å². The molecule has 24 heavy (non-hydrogen) atoms. The number of carbonyl (C=O) groups is 2. The highest BCUT2D eigenvalue weighted by molar-refractivity contribution is 6.39.